The van der Waals surface area contributed by atoms with Crippen LogP contribution in [0.15, 0.2) is 0 Å². The molecule has 0 aliphatic carbocycles. The van der Waals surface area contributed by atoms with Gasteiger partial charge in [-0.2, -0.15) is 0 Å². The molecule has 0 aliphatic heterocycles. The van der Waals surface area contributed by atoms with E-state index in [2.05, 4.69) is 17.6 Å². The van der Waals surface area contributed by atoms with Gasteiger partial charge in [0.15, 0.2) is 0 Å². The summed E-state index contributed by atoms with van der Waals surface area (Å²) in [6, 6.07) is 0. The zero-order chi connectivity index (χ0) is 14.5. The molecule has 19 heavy (non-hydrogen) atoms. The number of hydrogen-bond acceptors (Lipinski definition) is 4. The van der Waals surface area contributed by atoms with Crippen LogP contribution in [0.1, 0.15) is 39.0 Å². The van der Waals surface area contributed by atoms with Crippen molar-refractivity contribution in [3.8, 4) is 0 Å². The molecule has 0 aromatic heterocycles. The molecule has 0 fully saturated rings. The fraction of sp³-hybridized carbons (Fsp3) is 0.846. The molecule has 0 bridgehead atoms. The molecule has 0 atom stereocenters. The standard InChI is InChI=1S/C13H28N4O2/c1-2-3-4-5-6-11(12(18)16-9-7-14)13(19)17-10-8-15/h11H,2-10,14-15H2,1H3,(H,16,18)(H,17,19). The van der Waals surface area contributed by atoms with Crippen LogP contribution in [0.2, 0.25) is 0 Å². The Bertz CT molecular complexity index is 239. The lowest BCUT2D eigenvalue weighted by Crippen LogP contribution is -2.43. The number of nitrogens with two attached hydrogens (primary N) is 2. The van der Waals surface area contributed by atoms with Crippen molar-refractivity contribution < 1.29 is 9.59 Å². The van der Waals surface area contributed by atoms with Crippen LogP contribution in [0.3, 0.4) is 0 Å². The minimum absolute atomic E-state index is 0.239. The molecule has 0 saturated heterocycles. The second-order valence-corrected chi connectivity index (χ2v) is 4.56. The summed E-state index contributed by atoms with van der Waals surface area (Å²) in [4.78, 5) is 23.8. The van der Waals surface area contributed by atoms with Crippen LogP contribution in [0, 0.1) is 5.92 Å². The molecule has 0 heterocycles. The molecule has 6 N–H and O–H groups in total. The normalized spacial score (nSPS) is 10.5. The van der Waals surface area contributed by atoms with E-state index in [-0.39, 0.29) is 11.8 Å². The Morgan fingerprint density at radius 3 is 1.89 bits per heavy atom. The zero-order valence-corrected chi connectivity index (χ0v) is 11.9. The number of hydrogen-bond donors (Lipinski definition) is 4. The van der Waals surface area contributed by atoms with Crippen molar-refractivity contribution >= 4 is 11.8 Å². The van der Waals surface area contributed by atoms with Gasteiger partial charge < -0.3 is 22.1 Å². The Morgan fingerprint density at radius 1 is 0.947 bits per heavy atom. The van der Waals surface area contributed by atoms with Crippen molar-refractivity contribution in [2.24, 2.45) is 17.4 Å². The van der Waals surface area contributed by atoms with E-state index in [0.717, 1.165) is 25.7 Å². The fourth-order valence-electron chi connectivity index (χ4n) is 1.79. The zero-order valence-electron chi connectivity index (χ0n) is 11.9. The van der Waals surface area contributed by atoms with E-state index < -0.39 is 5.92 Å². The van der Waals surface area contributed by atoms with E-state index in [9.17, 15) is 9.59 Å². The lowest BCUT2D eigenvalue weighted by atomic mass is 9.98. The van der Waals surface area contributed by atoms with Crippen molar-refractivity contribution in [3.63, 3.8) is 0 Å². The van der Waals surface area contributed by atoms with Crippen molar-refractivity contribution in [1.29, 1.82) is 0 Å². The lowest BCUT2D eigenvalue weighted by Gasteiger charge is -2.16. The Kier molecular flexibility index (Phi) is 11.2. The van der Waals surface area contributed by atoms with E-state index in [4.69, 9.17) is 11.5 Å². The topological polar surface area (TPSA) is 110 Å². The summed E-state index contributed by atoms with van der Waals surface area (Å²) in [5.41, 5.74) is 10.7. The van der Waals surface area contributed by atoms with Gasteiger partial charge in [0.1, 0.15) is 5.92 Å². The summed E-state index contributed by atoms with van der Waals surface area (Å²) in [5, 5.41) is 5.35. The van der Waals surface area contributed by atoms with E-state index in [0.29, 0.717) is 32.6 Å². The quantitative estimate of drug-likeness (QED) is 0.306. The molecule has 0 saturated carbocycles. The first-order chi connectivity index (χ1) is 9.17. The number of amides is 2. The minimum Gasteiger partial charge on any atom is -0.354 e. The van der Waals surface area contributed by atoms with E-state index in [1.807, 2.05) is 0 Å². The Balaban J connectivity index is 4.27. The lowest BCUT2D eigenvalue weighted by molar-refractivity contribution is -0.135. The summed E-state index contributed by atoms with van der Waals surface area (Å²) in [5.74, 6) is -1.11. The van der Waals surface area contributed by atoms with Gasteiger partial charge in [0.2, 0.25) is 11.8 Å². The predicted molar refractivity (Wildman–Crippen MR) is 76.4 cm³/mol. The number of carbonyl (C=O) groups is 2. The smallest absolute Gasteiger partial charge is 0.232 e. The number of unbranched alkanes of at least 4 members (excludes halogenated alkanes) is 3. The molecule has 0 unspecified atom stereocenters. The molecule has 0 radical (unpaired) electrons. The fourth-order valence-corrected chi connectivity index (χ4v) is 1.79. The molecule has 6 heteroatoms. The van der Waals surface area contributed by atoms with Gasteiger partial charge in [-0.25, -0.2) is 0 Å². The highest BCUT2D eigenvalue weighted by atomic mass is 16.2. The molecule has 0 spiro atoms. The average Bonchev–Trinajstić information content (AvgIpc) is 2.42. The second kappa shape index (κ2) is 11.9. The van der Waals surface area contributed by atoms with Crippen molar-refractivity contribution in [1.82, 2.24) is 10.6 Å². The van der Waals surface area contributed by atoms with Crippen LogP contribution in [0.4, 0.5) is 0 Å². The predicted octanol–water partition coefficient (Wildman–Crippen LogP) is -0.277. The summed E-state index contributed by atoms with van der Waals surface area (Å²) >= 11 is 0. The van der Waals surface area contributed by atoms with E-state index in [1.54, 1.807) is 0 Å². The average molecular weight is 272 g/mol. The monoisotopic (exact) mass is 272 g/mol. The first kappa shape index (κ1) is 17.9. The Morgan fingerprint density at radius 2 is 1.47 bits per heavy atom. The third-order valence-corrected chi connectivity index (χ3v) is 2.87. The van der Waals surface area contributed by atoms with Gasteiger partial charge in [0, 0.05) is 26.2 Å². The van der Waals surface area contributed by atoms with Crippen molar-refractivity contribution in [2.75, 3.05) is 26.2 Å². The van der Waals surface area contributed by atoms with Gasteiger partial charge in [0.05, 0.1) is 0 Å². The maximum Gasteiger partial charge on any atom is 0.232 e. The first-order valence-corrected chi connectivity index (χ1v) is 7.12. The maximum atomic E-state index is 11.9. The SMILES string of the molecule is CCCCCCC(C(=O)NCCN)C(=O)NCCN. The second-order valence-electron chi connectivity index (χ2n) is 4.56. The highest BCUT2D eigenvalue weighted by Gasteiger charge is 2.25. The molecule has 6 nitrogen and oxygen atoms in total. The van der Waals surface area contributed by atoms with Crippen LogP contribution in [0.5, 0.6) is 0 Å². The third-order valence-electron chi connectivity index (χ3n) is 2.87. The first-order valence-electron chi connectivity index (χ1n) is 7.12. The summed E-state index contributed by atoms with van der Waals surface area (Å²) in [7, 11) is 0. The third kappa shape index (κ3) is 8.56. The van der Waals surface area contributed by atoms with Crippen LogP contribution < -0.4 is 22.1 Å². The van der Waals surface area contributed by atoms with Gasteiger partial charge in [-0.3, -0.25) is 9.59 Å². The Labute approximate surface area is 115 Å². The molecule has 112 valence electrons. The van der Waals surface area contributed by atoms with Gasteiger partial charge in [-0.15, -0.1) is 0 Å². The van der Waals surface area contributed by atoms with Crippen molar-refractivity contribution in [3.05, 3.63) is 0 Å². The Hall–Kier alpha value is -1.14. The van der Waals surface area contributed by atoms with Gasteiger partial charge >= 0.3 is 0 Å². The van der Waals surface area contributed by atoms with Crippen LogP contribution in [-0.4, -0.2) is 38.0 Å². The number of rotatable bonds is 11. The molecule has 2 amide bonds. The molecule has 0 aromatic rings. The van der Waals surface area contributed by atoms with E-state index in [1.165, 1.54) is 0 Å². The summed E-state index contributed by atoms with van der Waals surface area (Å²) in [6.07, 6.45) is 4.75. The van der Waals surface area contributed by atoms with Crippen LogP contribution >= 0.6 is 0 Å². The molecular formula is C13H28N4O2. The van der Waals surface area contributed by atoms with Crippen molar-refractivity contribution in [2.45, 2.75) is 39.0 Å². The molecule has 0 aliphatic rings. The molecule has 0 aromatic carbocycles. The highest BCUT2D eigenvalue weighted by molar-refractivity contribution is 6.00. The van der Waals surface area contributed by atoms with E-state index >= 15 is 0 Å². The number of carbonyl (C=O) groups excluding carboxylic acids is 2. The van der Waals surface area contributed by atoms with Gasteiger partial charge in [-0.1, -0.05) is 32.6 Å². The largest absolute Gasteiger partial charge is 0.354 e. The van der Waals surface area contributed by atoms with Gasteiger partial charge in [-0.05, 0) is 6.42 Å². The van der Waals surface area contributed by atoms with Crippen LogP contribution in [0.25, 0.3) is 0 Å². The number of nitrogens with one attached hydrogen (secondary N) is 2. The van der Waals surface area contributed by atoms with Gasteiger partial charge in [0.25, 0.3) is 0 Å². The maximum absolute atomic E-state index is 11.9. The molecular weight excluding hydrogens is 244 g/mol. The highest BCUT2D eigenvalue weighted by Crippen LogP contribution is 2.11. The molecule has 0 rings (SSSR count). The minimum atomic E-state index is -0.630. The summed E-state index contributed by atoms with van der Waals surface area (Å²) in [6.45, 7) is 3.67. The van der Waals surface area contributed by atoms with Crippen LogP contribution in [-0.2, 0) is 9.59 Å². The summed E-state index contributed by atoms with van der Waals surface area (Å²) < 4.78 is 0.